The quantitative estimate of drug-likeness (QED) is 0.877. The molecule has 2 heterocycles. The van der Waals surface area contributed by atoms with Crippen LogP contribution in [0.2, 0.25) is 0 Å². The van der Waals surface area contributed by atoms with E-state index in [1.54, 1.807) is 23.8 Å². The van der Waals surface area contributed by atoms with Crippen molar-refractivity contribution in [2.24, 2.45) is 0 Å². The summed E-state index contributed by atoms with van der Waals surface area (Å²) in [4.78, 5) is 27.9. The van der Waals surface area contributed by atoms with Crippen LogP contribution in [0.3, 0.4) is 0 Å². The average Bonchev–Trinajstić information content (AvgIpc) is 3.25. The van der Waals surface area contributed by atoms with Crippen molar-refractivity contribution >= 4 is 11.8 Å². The molecule has 6 nitrogen and oxygen atoms in total. The van der Waals surface area contributed by atoms with Crippen molar-refractivity contribution in [1.82, 2.24) is 9.80 Å². The standard InChI is InChI=1S/C19H26N2O4/c1-19(24,14-7-9-15(25-2)10-8-14)16-5-3-12-21(16)18(23)13-20-11-4-6-17(20)22/h7-10,16,24H,3-6,11-13H2,1-2H3/t16-,19-/m0/s1. The number of carbonyl (C=O) groups is 2. The smallest absolute Gasteiger partial charge is 0.242 e. The predicted octanol–water partition coefficient (Wildman–Crippen LogP) is 1.52. The summed E-state index contributed by atoms with van der Waals surface area (Å²) in [7, 11) is 1.60. The Bertz CT molecular complexity index is 641. The highest BCUT2D eigenvalue weighted by molar-refractivity contribution is 5.86. The molecule has 2 aliphatic rings. The van der Waals surface area contributed by atoms with Crippen molar-refractivity contribution in [1.29, 1.82) is 0 Å². The number of hydrogen-bond acceptors (Lipinski definition) is 4. The summed E-state index contributed by atoms with van der Waals surface area (Å²) >= 11 is 0. The van der Waals surface area contributed by atoms with Crippen LogP contribution >= 0.6 is 0 Å². The molecule has 0 aliphatic carbocycles. The molecule has 0 aromatic heterocycles. The van der Waals surface area contributed by atoms with Gasteiger partial charge in [0.05, 0.1) is 19.7 Å². The van der Waals surface area contributed by atoms with Crippen LogP contribution < -0.4 is 4.74 Å². The fourth-order valence-corrected chi connectivity index (χ4v) is 3.90. The van der Waals surface area contributed by atoms with Crippen LogP contribution in [0.5, 0.6) is 5.75 Å². The first kappa shape index (κ1) is 17.7. The number of methoxy groups -OCH3 is 1. The Hall–Kier alpha value is -2.08. The number of amides is 2. The minimum absolute atomic E-state index is 0.0472. The molecule has 2 atom stereocenters. The summed E-state index contributed by atoms with van der Waals surface area (Å²) in [6.07, 6.45) is 2.95. The predicted molar refractivity (Wildman–Crippen MR) is 93.1 cm³/mol. The average molecular weight is 346 g/mol. The highest BCUT2D eigenvalue weighted by Gasteiger charge is 2.43. The molecule has 0 radical (unpaired) electrons. The number of hydrogen-bond donors (Lipinski definition) is 1. The van der Waals surface area contributed by atoms with E-state index in [2.05, 4.69) is 0 Å². The maximum absolute atomic E-state index is 12.7. The van der Waals surface area contributed by atoms with Gasteiger partial charge < -0.3 is 19.6 Å². The van der Waals surface area contributed by atoms with Crippen molar-refractivity contribution in [3.8, 4) is 5.75 Å². The van der Waals surface area contributed by atoms with E-state index in [1.807, 2.05) is 24.3 Å². The van der Waals surface area contributed by atoms with Crippen LogP contribution in [0, 0.1) is 0 Å². The zero-order valence-electron chi connectivity index (χ0n) is 14.9. The van der Waals surface area contributed by atoms with E-state index < -0.39 is 5.60 Å². The van der Waals surface area contributed by atoms with Crippen LogP contribution in [-0.4, -0.2) is 59.5 Å². The van der Waals surface area contributed by atoms with Gasteiger partial charge in [-0.15, -0.1) is 0 Å². The van der Waals surface area contributed by atoms with E-state index in [9.17, 15) is 14.7 Å². The van der Waals surface area contributed by atoms with Gasteiger partial charge in [0.25, 0.3) is 0 Å². The maximum Gasteiger partial charge on any atom is 0.242 e. The van der Waals surface area contributed by atoms with Gasteiger partial charge in [0.2, 0.25) is 11.8 Å². The third-order valence-corrected chi connectivity index (χ3v) is 5.39. The highest BCUT2D eigenvalue weighted by Crippen LogP contribution is 2.35. The number of carbonyl (C=O) groups excluding carboxylic acids is 2. The molecule has 25 heavy (non-hydrogen) atoms. The van der Waals surface area contributed by atoms with Gasteiger partial charge in [0.1, 0.15) is 11.4 Å². The first-order valence-electron chi connectivity index (χ1n) is 8.87. The molecule has 0 unspecified atom stereocenters. The van der Waals surface area contributed by atoms with Gasteiger partial charge in [-0.05, 0) is 43.9 Å². The van der Waals surface area contributed by atoms with Crippen LogP contribution in [0.1, 0.15) is 38.2 Å². The van der Waals surface area contributed by atoms with Crippen molar-refractivity contribution in [3.05, 3.63) is 29.8 Å². The Kier molecular flexibility index (Phi) is 4.99. The molecule has 1 aromatic rings. The fourth-order valence-electron chi connectivity index (χ4n) is 3.90. The largest absolute Gasteiger partial charge is 0.497 e. The molecule has 136 valence electrons. The molecule has 3 rings (SSSR count). The highest BCUT2D eigenvalue weighted by atomic mass is 16.5. The van der Waals surface area contributed by atoms with Gasteiger partial charge >= 0.3 is 0 Å². The molecule has 2 saturated heterocycles. The fraction of sp³-hybridized carbons (Fsp3) is 0.579. The minimum atomic E-state index is -1.15. The van der Waals surface area contributed by atoms with Crippen molar-refractivity contribution in [2.75, 3.05) is 26.7 Å². The first-order valence-corrected chi connectivity index (χ1v) is 8.87. The zero-order chi connectivity index (χ0) is 18.0. The van der Waals surface area contributed by atoms with E-state index in [0.29, 0.717) is 19.5 Å². The van der Waals surface area contributed by atoms with E-state index >= 15 is 0 Å². The Morgan fingerprint density at radius 2 is 2.00 bits per heavy atom. The zero-order valence-corrected chi connectivity index (χ0v) is 14.9. The van der Waals surface area contributed by atoms with Crippen molar-refractivity contribution < 1.29 is 19.4 Å². The van der Waals surface area contributed by atoms with Crippen LogP contribution in [0.15, 0.2) is 24.3 Å². The molecule has 2 amide bonds. The van der Waals surface area contributed by atoms with E-state index in [1.165, 1.54) is 0 Å². The Morgan fingerprint density at radius 1 is 1.28 bits per heavy atom. The summed E-state index contributed by atoms with van der Waals surface area (Å²) in [5.41, 5.74) is -0.386. The van der Waals surface area contributed by atoms with E-state index in [-0.39, 0.29) is 24.4 Å². The lowest BCUT2D eigenvalue weighted by Gasteiger charge is -2.37. The number of benzene rings is 1. The number of rotatable bonds is 5. The number of nitrogens with zero attached hydrogens (tertiary/aromatic N) is 2. The summed E-state index contributed by atoms with van der Waals surface area (Å²) in [5, 5.41) is 11.2. The molecule has 2 aliphatic heterocycles. The molecular formula is C19H26N2O4. The lowest BCUT2D eigenvalue weighted by atomic mass is 9.86. The molecule has 0 spiro atoms. The van der Waals surface area contributed by atoms with Gasteiger partial charge in [0.15, 0.2) is 0 Å². The first-order chi connectivity index (χ1) is 11.9. The SMILES string of the molecule is COc1ccc([C@](C)(O)[C@@H]2CCCN2C(=O)CN2CCCC2=O)cc1. The van der Waals surface area contributed by atoms with Gasteiger partial charge in [-0.1, -0.05) is 12.1 Å². The summed E-state index contributed by atoms with van der Waals surface area (Å²) < 4.78 is 5.17. The van der Waals surface area contributed by atoms with Gasteiger partial charge in [-0.3, -0.25) is 9.59 Å². The lowest BCUT2D eigenvalue weighted by Crippen LogP contribution is -2.51. The summed E-state index contributed by atoms with van der Waals surface area (Å²) in [6.45, 7) is 3.15. The molecule has 1 aromatic carbocycles. The third kappa shape index (κ3) is 3.49. The summed E-state index contributed by atoms with van der Waals surface area (Å²) in [5.74, 6) is 0.698. The topological polar surface area (TPSA) is 70.1 Å². The molecule has 6 heteroatoms. The Labute approximate surface area is 148 Å². The van der Waals surface area contributed by atoms with Crippen LogP contribution in [-0.2, 0) is 15.2 Å². The van der Waals surface area contributed by atoms with E-state index in [0.717, 1.165) is 30.6 Å². The monoisotopic (exact) mass is 346 g/mol. The van der Waals surface area contributed by atoms with Crippen molar-refractivity contribution in [2.45, 2.75) is 44.2 Å². The van der Waals surface area contributed by atoms with Gasteiger partial charge in [-0.25, -0.2) is 0 Å². The minimum Gasteiger partial charge on any atom is -0.497 e. The van der Waals surface area contributed by atoms with Gasteiger partial charge in [0, 0.05) is 19.5 Å². The Balaban J connectivity index is 1.74. The normalized spacial score (nSPS) is 23.0. The lowest BCUT2D eigenvalue weighted by molar-refractivity contribution is -0.142. The molecule has 0 bridgehead atoms. The second kappa shape index (κ2) is 7.04. The molecular weight excluding hydrogens is 320 g/mol. The third-order valence-electron chi connectivity index (χ3n) is 5.39. The second-order valence-electron chi connectivity index (χ2n) is 7.04. The summed E-state index contributed by atoms with van der Waals surface area (Å²) in [6, 6.07) is 7.01. The second-order valence-corrected chi connectivity index (χ2v) is 7.04. The molecule has 2 fully saturated rings. The van der Waals surface area contributed by atoms with Crippen molar-refractivity contribution in [3.63, 3.8) is 0 Å². The maximum atomic E-state index is 12.7. The number of likely N-dealkylation sites (tertiary alicyclic amines) is 2. The van der Waals surface area contributed by atoms with Gasteiger partial charge in [-0.2, -0.15) is 0 Å². The number of ether oxygens (including phenoxy) is 1. The molecule has 0 saturated carbocycles. The number of aliphatic hydroxyl groups is 1. The Morgan fingerprint density at radius 3 is 2.60 bits per heavy atom. The van der Waals surface area contributed by atoms with E-state index in [4.69, 9.17) is 4.74 Å². The van der Waals surface area contributed by atoms with Crippen LogP contribution in [0.4, 0.5) is 0 Å². The molecule has 1 N–H and O–H groups in total. The van der Waals surface area contributed by atoms with Crippen LogP contribution in [0.25, 0.3) is 0 Å².